The Labute approximate surface area is 249 Å². The Morgan fingerprint density at radius 1 is 0.905 bits per heavy atom. The predicted octanol–water partition coefficient (Wildman–Crippen LogP) is 5.87. The highest BCUT2D eigenvalue weighted by Gasteiger charge is 2.37. The van der Waals surface area contributed by atoms with Crippen LogP contribution in [0.2, 0.25) is 0 Å². The van der Waals surface area contributed by atoms with E-state index in [9.17, 15) is 9.59 Å². The Hall–Kier alpha value is -4.57. The van der Waals surface area contributed by atoms with Crippen LogP contribution >= 0.6 is 11.5 Å². The van der Waals surface area contributed by atoms with Gasteiger partial charge in [0.2, 0.25) is 5.91 Å². The summed E-state index contributed by atoms with van der Waals surface area (Å²) in [6.07, 6.45) is 3.92. The summed E-state index contributed by atoms with van der Waals surface area (Å²) >= 11 is 1.00. The van der Waals surface area contributed by atoms with Crippen molar-refractivity contribution >= 4 is 34.7 Å². The molecule has 1 aliphatic rings. The molecular formula is C32H34N4O5S. The minimum atomic E-state index is -0.998. The molecule has 0 unspecified atom stereocenters. The molecule has 3 N–H and O–H groups in total. The molecule has 0 bridgehead atoms. The van der Waals surface area contributed by atoms with E-state index < -0.39 is 11.9 Å². The first-order valence-electron chi connectivity index (χ1n) is 13.7. The third-order valence-corrected chi connectivity index (χ3v) is 8.33. The van der Waals surface area contributed by atoms with Crippen LogP contribution in [-0.2, 0) is 4.79 Å². The first kappa shape index (κ1) is 28.9. The molecule has 0 aliphatic heterocycles. The van der Waals surface area contributed by atoms with Crippen molar-refractivity contribution in [2.24, 2.45) is 0 Å². The summed E-state index contributed by atoms with van der Waals surface area (Å²) in [5.41, 5.74) is 9.19. The summed E-state index contributed by atoms with van der Waals surface area (Å²) in [7, 11) is 4.73. The molecule has 1 saturated carbocycles. The summed E-state index contributed by atoms with van der Waals surface area (Å²) in [5.74, 6) is 1.17. The van der Waals surface area contributed by atoms with Crippen molar-refractivity contribution in [2.45, 2.75) is 37.8 Å². The van der Waals surface area contributed by atoms with Gasteiger partial charge in [-0.3, -0.25) is 14.5 Å². The van der Waals surface area contributed by atoms with E-state index in [0.29, 0.717) is 34.2 Å². The number of methoxy groups -OCH3 is 3. The molecule has 42 heavy (non-hydrogen) atoms. The lowest BCUT2D eigenvalue weighted by Crippen LogP contribution is -2.46. The van der Waals surface area contributed by atoms with Crippen molar-refractivity contribution in [1.29, 1.82) is 0 Å². The summed E-state index contributed by atoms with van der Waals surface area (Å²) < 4.78 is 20.6. The van der Waals surface area contributed by atoms with Gasteiger partial charge in [-0.25, -0.2) is 0 Å². The Morgan fingerprint density at radius 2 is 1.52 bits per heavy atom. The molecule has 1 fully saturated rings. The lowest BCUT2D eigenvalue weighted by Gasteiger charge is -2.32. The molecule has 1 atom stereocenters. The number of carbonyl (C=O) groups excluding carboxylic acids is 2. The fraction of sp³-hybridized carbons (Fsp3) is 0.281. The Bertz CT molecular complexity index is 1530. The lowest BCUT2D eigenvalue weighted by molar-refractivity contribution is -0.123. The summed E-state index contributed by atoms with van der Waals surface area (Å²) in [6, 6.07) is 20.6. The zero-order valence-electron chi connectivity index (χ0n) is 23.8. The molecule has 0 radical (unpaired) electrons. The third kappa shape index (κ3) is 6.03. The number of nitrogen functional groups attached to an aromatic ring is 1. The molecule has 1 aliphatic carbocycles. The van der Waals surface area contributed by atoms with E-state index in [-0.39, 0.29) is 22.5 Å². The van der Waals surface area contributed by atoms with Crippen molar-refractivity contribution in [3.05, 3.63) is 83.2 Å². The van der Waals surface area contributed by atoms with Crippen molar-refractivity contribution in [1.82, 2.24) is 9.69 Å². The Balaban J connectivity index is 1.61. The zero-order valence-corrected chi connectivity index (χ0v) is 24.6. The van der Waals surface area contributed by atoms with E-state index in [1.165, 1.54) is 4.90 Å². The van der Waals surface area contributed by atoms with E-state index >= 15 is 0 Å². The number of nitrogens with one attached hydrogen (secondary N) is 1. The SMILES string of the molecule is COc1ccc(-c2nsc(C(=O)N(c3cccc(OC)c3)[C@@H](C(=O)NC3CCCC3)c3ccc(OC)cc3)c2N)cc1. The minimum absolute atomic E-state index is 0.0515. The molecule has 9 nitrogen and oxygen atoms in total. The second-order valence-electron chi connectivity index (χ2n) is 10.0. The average Bonchev–Trinajstić information content (AvgIpc) is 3.69. The lowest BCUT2D eigenvalue weighted by atomic mass is 10.0. The number of rotatable bonds is 10. The van der Waals surface area contributed by atoms with E-state index in [0.717, 1.165) is 42.8 Å². The number of benzene rings is 3. The topological polar surface area (TPSA) is 116 Å². The van der Waals surface area contributed by atoms with Crippen molar-refractivity contribution < 1.29 is 23.8 Å². The van der Waals surface area contributed by atoms with Gasteiger partial charge in [0.25, 0.3) is 5.91 Å². The molecule has 218 valence electrons. The zero-order chi connectivity index (χ0) is 29.6. The van der Waals surface area contributed by atoms with Crippen LogP contribution in [0.5, 0.6) is 17.2 Å². The van der Waals surface area contributed by atoms with Crippen LogP contribution in [0.3, 0.4) is 0 Å². The van der Waals surface area contributed by atoms with Crippen molar-refractivity contribution in [3.63, 3.8) is 0 Å². The van der Waals surface area contributed by atoms with Gasteiger partial charge in [-0.15, -0.1) is 0 Å². The predicted molar refractivity (Wildman–Crippen MR) is 164 cm³/mol. The number of hydrogen-bond donors (Lipinski definition) is 2. The normalized spacial score (nSPS) is 13.8. The number of hydrogen-bond acceptors (Lipinski definition) is 8. The number of carbonyl (C=O) groups is 2. The van der Waals surface area contributed by atoms with Gasteiger partial charge in [-0.2, -0.15) is 4.37 Å². The van der Waals surface area contributed by atoms with Crippen LogP contribution in [0.4, 0.5) is 11.4 Å². The molecule has 2 amide bonds. The molecule has 0 saturated heterocycles. The maximum absolute atomic E-state index is 14.5. The van der Waals surface area contributed by atoms with Crippen molar-refractivity contribution in [3.8, 4) is 28.5 Å². The van der Waals surface area contributed by atoms with Crippen LogP contribution in [0, 0.1) is 0 Å². The van der Waals surface area contributed by atoms with Crippen LogP contribution in [0.15, 0.2) is 72.8 Å². The average molecular weight is 587 g/mol. The summed E-state index contributed by atoms with van der Waals surface area (Å²) in [5, 5.41) is 3.20. The standard InChI is InChI=1S/C32H34N4O5S/c1-39-24-15-11-20(12-16-24)28-27(33)30(42-35-28)32(38)36(23-9-6-10-26(19-23)41-3)29(21-13-17-25(40-2)18-14-21)31(37)34-22-7-4-5-8-22/h6,9-19,22,29H,4-5,7-8,33H2,1-3H3,(H,34,37)/t29-/m1/s1. The van der Waals surface area contributed by atoms with Crippen LogP contribution in [0.25, 0.3) is 11.3 Å². The highest BCUT2D eigenvalue weighted by atomic mass is 32.1. The van der Waals surface area contributed by atoms with Gasteiger partial charge >= 0.3 is 0 Å². The molecule has 1 heterocycles. The summed E-state index contributed by atoms with van der Waals surface area (Å²) in [4.78, 5) is 30.4. The highest BCUT2D eigenvalue weighted by Crippen LogP contribution is 2.38. The van der Waals surface area contributed by atoms with E-state index in [4.69, 9.17) is 19.9 Å². The fourth-order valence-electron chi connectivity index (χ4n) is 5.22. The summed E-state index contributed by atoms with van der Waals surface area (Å²) in [6.45, 7) is 0. The maximum atomic E-state index is 14.5. The molecule has 4 aromatic rings. The van der Waals surface area contributed by atoms with Crippen LogP contribution in [0.1, 0.15) is 47.0 Å². The second-order valence-corrected chi connectivity index (χ2v) is 10.8. The van der Waals surface area contributed by atoms with Gasteiger partial charge in [0.1, 0.15) is 33.9 Å². The van der Waals surface area contributed by atoms with Gasteiger partial charge in [-0.1, -0.05) is 31.0 Å². The molecule has 3 aromatic carbocycles. The Kier molecular flexibility index (Phi) is 8.92. The third-order valence-electron chi connectivity index (χ3n) is 7.48. The van der Waals surface area contributed by atoms with E-state index in [1.807, 2.05) is 24.3 Å². The maximum Gasteiger partial charge on any atom is 0.273 e. The highest BCUT2D eigenvalue weighted by molar-refractivity contribution is 7.09. The first-order chi connectivity index (χ1) is 20.4. The van der Waals surface area contributed by atoms with Crippen molar-refractivity contribution in [2.75, 3.05) is 32.0 Å². The van der Waals surface area contributed by atoms with Gasteiger partial charge < -0.3 is 25.3 Å². The minimum Gasteiger partial charge on any atom is -0.497 e. The Morgan fingerprint density at radius 3 is 2.14 bits per heavy atom. The number of nitrogens with zero attached hydrogens (tertiary/aromatic N) is 2. The quantitative estimate of drug-likeness (QED) is 0.239. The van der Waals surface area contributed by atoms with Gasteiger partial charge in [-0.05, 0) is 78.5 Å². The fourth-order valence-corrected chi connectivity index (χ4v) is 5.97. The number of anilines is 2. The molecular weight excluding hydrogens is 552 g/mol. The smallest absolute Gasteiger partial charge is 0.273 e. The van der Waals surface area contributed by atoms with Gasteiger partial charge in [0.15, 0.2) is 0 Å². The first-order valence-corrected chi connectivity index (χ1v) is 14.5. The molecule has 5 rings (SSSR count). The number of amides is 2. The van der Waals surface area contributed by atoms with E-state index in [1.54, 1.807) is 69.9 Å². The molecule has 10 heteroatoms. The van der Waals surface area contributed by atoms with E-state index in [2.05, 4.69) is 9.69 Å². The number of ether oxygens (including phenoxy) is 3. The number of nitrogens with two attached hydrogens (primary N) is 1. The van der Waals surface area contributed by atoms with Gasteiger partial charge in [0.05, 0.1) is 27.0 Å². The van der Waals surface area contributed by atoms with Gasteiger partial charge in [0, 0.05) is 23.4 Å². The number of aromatic nitrogens is 1. The largest absolute Gasteiger partial charge is 0.497 e. The monoisotopic (exact) mass is 586 g/mol. The van der Waals surface area contributed by atoms with Crippen LogP contribution < -0.4 is 30.2 Å². The second kappa shape index (κ2) is 12.9. The molecule has 1 aromatic heterocycles. The van der Waals surface area contributed by atoms with Crippen LogP contribution in [-0.4, -0.2) is 43.6 Å². The molecule has 0 spiro atoms.